The van der Waals surface area contributed by atoms with Crippen LogP contribution in [0.2, 0.25) is 0 Å². The lowest BCUT2D eigenvalue weighted by Gasteiger charge is -1.83. The van der Waals surface area contributed by atoms with E-state index in [1.54, 1.807) is 13.0 Å². The van der Waals surface area contributed by atoms with Gasteiger partial charge in [-0.05, 0) is 13.0 Å². The Bertz CT molecular complexity index is 154. The van der Waals surface area contributed by atoms with Crippen LogP contribution in [-0.2, 0) is 0 Å². The van der Waals surface area contributed by atoms with Crippen molar-refractivity contribution in [3.8, 4) is 0 Å². The van der Waals surface area contributed by atoms with Gasteiger partial charge >= 0.3 is 0 Å². The molecular formula is C7H8F2. The summed E-state index contributed by atoms with van der Waals surface area (Å²) in [6.45, 7) is 4.48. The maximum Gasteiger partial charge on any atom is 0.158 e. The van der Waals surface area contributed by atoms with E-state index in [4.69, 9.17) is 0 Å². The monoisotopic (exact) mass is 130 g/mol. The molecule has 0 aromatic heterocycles. The summed E-state index contributed by atoms with van der Waals surface area (Å²) in [4.78, 5) is 0. The molecule has 0 fully saturated rings. The van der Waals surface area contributed by atoms with Gasteiger partial charge in [-0.1, -0.05) is 18.7 Å². The van der Waals surface area contributed by atoms with Gasteiger partial charge in [-0.15, -0.1) is 0 Å². The van der Waals surface area contributed by atoms with E-state index in [-0.39, 0.29) is 0 Å². The van der Waals surface area contributed by atoms with Crippen molar-refractivity contribution < 1.29 is 8.78 Å². The highest BCUT2D eigenvalue weighted by Crippen LogP contribution is 2.09. The molecule has 50 valence electrons. The number of allylic oxidation sites excluding steroid dienone is 5. The van der Waals surface area contributed by atoms with Crippen LogP contribution < -0.4 is 0 Å². The lowest BCUT2D eigenvalue weighted by atomic mass is 10.4. The Morgan fingerprint density at radius 1 is 1.44 bits per heavy atom. The van der Waals surface area contributed by atoms with Gasteiger partial charge in [0.25, 0.3) is 0 Å². The van der Waals surface area contributed by atoms with E-state index in [0.29, 0.717) is 0 Å². The lowest BCUT2D eigenvalue weighted by Crippen LogP contribution is -1.68. The normalized spacial score (nSPS) is 12.6. The number of halogens is 2. The van der Waals surface area contributed by atoms with Crippen LogP contribution in [0.3, 0.4) is 0 Å². The van der Waals surface area contributed by atoms with Gasteiger partial charge in [0.2, 0.25) is 0 Å². The Hall–Kier alpha value is -0.920. The molecule has 2 heteroatoms. The second kappa shape index (κ2) is 4.01. The number of hydrogen-bond donors (Lipinski definition) is 0. The molecule has 0 aromatic carbocycles. The highest BCUT2D eigenvalue weighted by Gasteiger charge is 1.94. The zero-order valence-electron chi connectivity index (χ0n) is 5.20. The lowest BCUT2D eigenvalue weighted by molar-refractivity contribution is 0.548. The van der Waals surface area contributed by atoms with E-state index in [9.17, 15) is 8.78 Å². The van der Waals surface area contributed by atoms with E-state index in [2.05, 4.69) is 6.58 Å². The van der Waals surface area contributed by atoms with Crippen molar-refractivity contribution in [2.75, 3.05) is 0 Å². The summed E-state index contributed by atoms with van der Waals surface area (Å²) in [5, 5.41) is 0. The van der Waals surface area contributed by atoms with Crippen molar-refractivity contribution in [1.29, 1.82) is 0 Å². The van der Waals surface area contributed by atoms with Crippen LogP contribution in [0.15, 0.2) is 36.5 Å². The molecule has 0 aliphatic rings. The third kappa shape index (κ3) is 3.64. The highest BCUT2D eigenvalue weighted by atomic mass is 19.2. The molecule has 0 heterocycles. The van der Waals surface area contributed by atoms with Gasteiger partial charge in [-0.3, -0.25) is 0 Å². The van der Waals surface area contributed by atoms with E-state index >= 15 is 0 Å². The average molecular weight is 130 g/mol. The first kappa shape index (κ1) is 8.08. The van der Waals surface area contributed by atoms with Crippen LogP contribution in [0.5, 0.6) is 0 Å². The standard InChI is InChI=1S/C7H8F2/c1-3-4-5-7(9)6(2)8/h3-5H,2H2,1H3/b4-3-,7-5+. The van der Waals surface area contributed by atoms with Crippen LogP contribution in [0.25, 0.3) is 0 Å². The summed E-state index contributed by atoms with van der Waals surface area (Å²) < 4.78 is 23.8. The molecule has 0 saturated carbocycles. The van der Waals surface area contributed by atoms with Gasteiger partial charge in [0, 0.05) is 0 Å². The van der Waals surface area contributed by atoms with E-state index in [0.717, 1.165) is 6.08 Å². The average Bonchev–Trinajstić information content (AvgIpc) is 1.82. The van der Waals surface area contributed by atoms with Crippen molar-refractivity contribution in [2.24, 2.45) is 0 Å². The quantitative estimate of drug-likeness (QED) is 0.504. The van der Waals surface area contributed by atoms with E-state index in [1.807, 2.05) is 0 Å². The minimum absolute atomic E-state index is 0.923. The third-order valence-corrected chi connectivity index (χ3v) is 0.694. The van der Waals surface area contributed by atoms with Crippen molar-refractivity contribution in [3.05, 3.63) is 36.5 Å². The molecule has 0 N–H and O–H groups in total. The number of hydrogen-bond acceptors (Lipinski definition) is 0. The van der Waals surface area contributed by atoms with Crippen molar-refractivity contribution in [1.82, 2.24) is 0 Å². The predicted octanol–water partition coefficient (Wildman–Crippen LogP) is 2.90. The van der Waals surface area contributed by atoms with Gasteiger partial charge in [0.1, 0.15) is 0 Å². The molecule has 0 nitrogen and oxygen atoms in total. The van der Waals surface area contributed by atoms with Gasteiger partial charge in [-0.2, -0.15) is 0 Å². The first-order chi connectivity index (χ1) is 4.18. The van der Waals surface area contributed by atoms with Crippen LogP contribution in [0.4, 0.5) is 8.78 Å². The highest BCUT2D eigenvalue weighted by molar-refractivity contribution is 5.19. The Balaban J connectivity index is 4.00. The molecule has 0 aromatic rings. The van der Waals surface area contributed by atoms with Crippen molar-refractivity contribution in [3.63, 3.8) is 0 Å². The molecule has 0 bridgehead atoms. The van der Waals surface area contributed by atoms with E-state index in [1.165, 1.54) is 6.08 Å². The fraction of sp³-hybridized carbons (Fsp3) is 0.143. The summed E-state index contributed by atoms with van der Waals surface area (Å²) >= 11 is 0. The maximum atomic E-state index is 12.0. The zero-order chi connectivity index (χ0) is 7.28. The largest absolute Gasteiger partial charge is 0.204 e. The molecule has 0 spiro atoms. The SMILES string of the molecule is C=C(F)/C(F)=C\C=C/C. The van der Waals surface area contributed by atoms with Crippen LogP contribution >= 0.6 is 0 Å². The molecule has 0 saturated heterocycles. The Kier molecular flexibility index (Phi) is 3.60. The van der Waals surface area contributed by atoms with Gasteiger partial charge < -0.3 is 0 Å². The molecule has 9 heavy (non-hydrogen) atoms. The maximum absolute atomic E-state index is 12.0. The smallest absolute Gasteiger partial charge is 0.158 e. The molecule has 0 amide bonds. The Labute approximate surface area is 53.2 Å². The number of rotatable bonds is 2. The molecule has 0 aliphatic carbocycles. The summed E-state index contributed by atoms with van der Waals surface area (Å²) in [6, 6.07) is 0. The Morgan fingerprint density at radius 2 is 2.00 bits per heavy atom. The van der Waals surface area contributed by atoms with Crippen LogP contribution in [0, 0.1) is 0 Å². The summed E-state index contributed by atoms with van der Waals surface area (Å²) in [7, 11) is 0. The third-order valence-electron chi connectivity index (χ3n) is 0.694. The fourth-order valence-corrected chi connectivity index (χ4v) is 0.271. The first-order valence-electron chi connectivity index (χ1n) is 2.51. The minimum atomic E-state index is -1.03. The van der Waals surface area contributed by atoms with Gasteiger partial charge in [-0.25, -0.2) is 8.78 Å². The van der Waals surface area contributed by atoms with Crippen molar-refractivity contribution >= 4 is 0 Å². The zero-order valence-corrected chi connectivity index (χ0v) is 5.20. The molecular weight excluding hydrogens is 122 g/mol. The molecule has 0 atom stereocenters. The molecule has 0 rings (SSSR count). The topological polar surface area (TPSA) is 0 Å². The minimum Gasteiger partial charge on any atom is -0.204 e. The van der Waals surface area contributed by atoms with E-state index < -0.39 is 11.7 Å². The predicted molar refractivity (Wildman–Crippen MR) is 34.3 cm³/mol. The van der Waals surface area contributed by atoms with Gasteiger partial charge in [0.05, 0.1) is 0 Å². The molecule has 0 unspecified atom stereocenters. The fourth-order valence-electron chi connectivity index (χ4n) is 0.271. The first-order valence-corrected chi connectivity index (χ1v) is 2.51. The summed E-state index contributed by atoms with van der Waals surface area (Å²) in [5.74, 6) is -1.96. The van der Waals surface area contributed by atoms with Crippen LogP contribution in [-0.4, -0.2) is 0 Å². The van der Waals surface area contributed by atoms with Crippen molar-refractivity contribution in [2.45, 2.75) is 6.92 Å². The summed E-state index contributed by atoms with van der Waals surface area (Å²) in [5.41, 5.74) is 0. The Morgan fingerprint density at radius 3 is 2.33 bits per heavy atom. The second-order valence-electron chi connectivity index (χ2n) is 1.45. The second-order valence-corrected chi connectivity index (χ2v) is 1.45. The van der Waals surface area contributed by atoms with Gasteiger partial charge in [0.15, 0.2) is 11.7 Å². The molecule has 0 radical (unpaired) electrons. The summed E-state index contributed by atoms with van der Waals surface area (Å²) in [6.07, 6.45) is 4.02. The molecule has 0 aliphatic heterocycles. The van der Waals surface area contributed by atoms with Crippen LogP contribution in [0.1, 0.15) is 6.92 Å².